The van der Waals surface area contributed by atoms with Crippen LogP contribution in [-0.2, 0) is 10.5 Å². The summed E-state index contributed by atoms with van der Waals surface area (Å²) in [5.74, 6) is 1.81. The summed E-state index contributed by atoms with van der Waals surface area (Å²) in [5.41, 5.74) is 8.04. The van der Waals surface area contributed by atoms with Crippen LogP contribution in [0.4, 0.5) is 0 Å². The molecule has 0 aliphatic heterocycles. The second-order valence-electron chi connectivity index (χ2n) is 4.12. The first kappa shape index (κ1) is 14.1. The number of carbonyl (C=O) groups excluding carboxylic acids is 1. The van der Waals surface area contributed by atoms with Crippen molar-refractivity contribution in [3.05, 3.63) is 35.4 Å². The zero-order valence-corrected chi connectivity index (χ0v) is 11.2. The van der Waals surface area contributed by atoms with E-state index < -0.39 is 6.04 Å². The Labute approximate surface area is 107 Å². The summed E-state index contributed by atoms with van der Waals surface area (Å²) in [6.07, 6.45) is 0. The van der Waals surface area contributed by atoms with Crippen LogP contribution in [0.3, 0.4) is 0 Å². The number of carbonyl (C=O) groups is 1. The molecule has 4 heteroatoms. The third-order valence-electron chi connectivity index (χ3n) is 2.35. The summed E-state index contributed by atoms with van der Waals surface area (Å²) in [5, 5.41) is 2.79. The van der Waals surface area contributed by atoms with Gasteiger partial charge in [-0.3, -0.25) is 4.79 Å². The van der Waals surface area contributed by atoms with E-state index in [9.17, 15) is 4.79 Å². The number of hydrogen-bond donors (Lipinski definition) is 2. The largest absolute Gasteiger partial charge is 0.354 e. The van der Waals surface area contributed by atoms with Crippen LogP contribution in [-0.4, -0.2) is 24.2 Å². The molecule has 0 aliphatic rings. The monoisotopic (exact) mass is 252 g/mol. The second-order valence-corrected chi connectivity index (χ2v) is 5.22. The first-order chi connectivity index (χ1) is 8.09. The molecule has 0 bridgehead atoms. The molecule has 1 aromatic rings. The van der Waals surface area contributed by atoms with Gasteiger partial charge in [0.1, 0.15) is 0 Å². The van der Waals surface area contributed by atoms with Crippen molar-refractivity contribution in [1.82, 2.24) is 5.32 Å². The molecule has 3 N–H and O–H groups in total. The van der Waals surface area contributed by atoms with Crippen LogP contribution < -0.4 is 11.1 Å². The molecule has 1 atom stereocenters. The van der Waals surface area contributed by atoms with Gasteiger partial charge in [0, 0.05) is 18.1 Å². The van der Waals surface area contributed by atoms with Crippen molar-refractivity contribution < 1.29 is 4.79 Å². The van der Waals surface area contributed by atoms with Crippen LogP contribution >= 0.6 is 11.8 Å². The van der Waals surface area contributed by atoms with E-state index in [2.05, 4.69) is 36.5 Å². The molecule has 0 aromatic heterocycles. The molecule has 0 saturated carbocycles. The molecule has 0 saturated heterocycles. The lowest BCUT2D eigenvalue weighted by Crippen LogP contribution is -2.39. The standard InChI is InChI=1S/C13H20N2OS/c1-10-3-5-12(6-4-10)9-17-8-7-15-13(16)11(2)14/h3-6,11H,7-9,14H2,1-2H3,(H,15,16)/t11-/m1/s1. The highest BCUT2D eigenvalue weighted by Gasteiger charge is 2.04. The van der Waals surface area contributed by atoms with Gasteiger partial charge < -0.3 is 11.1 Å². The van der Waals surface area contributed by atoms with Gasteiger partial charge in [-0.05, 0) is 19.4 Å². The van der Waals surface area contributed by atoms with Gasteiger partial charge in [-0.25, -0.2) is 0 Å². The molecule has 1 aromatic carbocycles. The zero-order chi connectivity index (χ0) is 12.7. The summed E-state index contributed by atoms with van der Waals surface area (Å²) < 4.78 is 0. The zero-order valence-electron chi connectivity index (χ0n) is 10.4. The van der Waals surface area contributed by atoms with Gasteiger partial charge in [0.05, 0.1) is 6.04 Å². The van der Waals surface area contributed by atoms with Gasteiger partial charge >= 0.3 is 0 Å². The van der Waals surface area contributed by atoms with Crippen molar-refractivity contribution in [3.63, 3.8) is 0 Å². The summed E-state index contributed by atoms with van der Waals surface area (Å²) in [6.45, 7) is 4.45. The van der Waals surface area contributed by atoms with Crippen LogP contribution in [0.25, 0.3) is 0 Å². The highest BCUT2D eigenvalue weighted by atomic mass is 32.2. The van der Waals surface area contributed by atoms with Gasteiger partial charge in [0.15, 0.2) is 0 Å². The summed E-state index contributed by atoms with van der Waals surface area (Å²) in [7, 11) is 0. The van der Waals surface area contributed by atoms with Crippen molar-refractivity contribution in [2.75, 3.05) is 12.3 Å². The summed E-state index contributed by atoms with van der Waals surface area (Å²) >= 11 is 1.81. The van der Waals surface area contributed by atoms with E-state index in [-0.39, 0.29) is 5.91 Å². The number of amides is 1. The molecule has 0 unspecified atom stereocenters. The Hall–Kier alpha value is -1.00. The van der Waals surface area contributed by atoms with Crippen LogP contribution in [0.15, 0.2) is 24.3 Å². The summed E-state index contributed by atoms with van der Waals surface area (Å²) in [6, 6.07) is 8.10. The molecule has 94 valence electrons. The number of aryl methyl sites for hydroxylation is 1. The molecule has 0 spiro atoms. The van der Waals surface area contributed by atoms with Gasteiger partial charge in [0.25, 0.3) is 0 Å². The van der Waals surface area contributed by atoms with Crippen LogP contribution in [0, 0.1) is 6.92 Å². The van der Waals surface area contributed by atoms with Gasteiger partial charge in [-0.2, -0.15) is 11.8 Å². The quantitative estimate of drug-likeness (QED) is 0.758. The SMILES string of the molecule is Cc1ccc(CSCCNC(=O)[C@@H](C)N)cc1. The molecular formula is C13H20N2OS. The molecule has 0 radical (unpaired) electrons. The number of benzene rings is 1. The van der Waals surface area contributed by atoms with E-state index in [1.54, 1.807) is 6.92 Å². The maximum absolute atomic E-state index is 11.2. The van der Waals surface area contributed by atoms with Crippen molar-refractivity contribution >= 4 is 17.7 Å². The average molecular weight is 252 g/mol. The number of nitrogens with two attached hydrogens (primary N) is 1. The smallest absolute Gasteiger partial charge is 0.236 e. The number of thioether (sulfide) groups is 1. The predicted octanol–water partition coefficient (Wildman–Crippen LogP) is 1.69. The fourth-order valence-electron chi connectivity index (χ4n) is 1.28. The molecular weight excluding hydrogens is 232 g/mol. The summed E-state index contributed by atoms with van der Waals surface area (Å²) in [4.78, 5) is 11.2. The van der Waals surface area contributed by atoms with Crippen molar-refractivity contribution in [3.8, 4) is 0 Å². The highest BCUT2D eigenvalue weighted by Crippen LogP contribution is 2.12. The maximum Gasteiger partial charge on any atom is 0.236 e. The number of nitrogens with one attached hydrogen (secondary N) is 1. The first-order valence-corrected chi connectivity index (χ1v) is 6.91. The average Bonchev–Trinajstić information content (AvgIpc) is 2.30. The Bertz CT molecular complexity index is 349. The van der Waals surface area contributed by atoms with Gasteiger partial charge in [-0.15, -0.1) is 0 Å². The second kappa shape index (κ2) is 7.35. The van der Waals surface area contributed by atoms with E-state index in [1.807, 2.05) is 11.8 Å². The Morgan fingerprint density at radius 3 is 2.65 bits per heavy atom. The Kier molecular flexibility index (Phi) is 6.08. The van der Waals surface area contributed by atoms with E-state index in [0.29, 0.717) is 6.54 Å². The van der Waals surface area contributed by atoms with Crippen molar-refractivity contribution in [2.24, 2.45) is 5.73 Å². The molecule has 1 rings (SSSR count). The first-order valence-electron chi connectivity index (χ1n) is 5.76. The lowest BCUT2D eigenvalue weighted by Gasteiger charge is -2.07. The van der Waals surface area contributed by atoms with Crippen LogP contribution in [0.1, 0.15) is 18.1 Å². The van der Waals surface area contributed by atoms with Crippen molar-refractivity contribution in [1.29, 1.82) is 0 Å². The van der Waals surface area contributed by atoms with E-state index in [0.717, 1.165) is 11.5 Å². The predicted molar refractivity (Wildman–Crippen MR) is 74.0 cm³/mol. The Morgan fingerprint density at radius 1 is 1.41 bits per heavy atom. The van der Waals surface area contributed by atoms with Gasteiger partial charge in [0.2, 0.25) is 5.91 Å². The molecule has 1 amide bonds. The van der Waals surface area contributed by atoms with Gasteiger partial charge in [-0.1, -0.05) is 29.8 Å². The molecule has 0 fully saturated rings. The number of rotatable bonds is 6. The topological polar surface area (TPSA) is 55.1 Å². The Morgan fingerprint density at radius 2 is 2.06 bits per heavy atom. The van der Waals surface area contributed by atoms with Crippen molar-refractivity contribution in [2.45, 2.75) is 25.6 Å². The normalized spacial score (nSPS) is 12.2. The van der Waals surface area contributed by atoms with Crippen LogP contribution in [0.5, 0.6) is 0 Å². The fourth-order valence-corrected chi connectivity index (χ4v) is 2.10. The third-order valence-corrected chi connectivity index (χ3v) is 3.38. The van der Waals surface area contributed by atoms with E-state index in [1.165, 1.54) is 11.1 Å². The van der Waals surface area contributed by atoms with E-state index >= 15 is 0 Å². The third kappa shape index (κ3) is 5.75. The fraction of sp³-hybridized carbons (Fsp3) is 0.462. The number of hydrogen-bond acceptors (Lipinski definition) is 3. The lowest BCUT2D eigenvalue weighted by atomic mass is 10.2. The lowest BCUT2D eigenvalue weighted by molar-refractivity contribution is -0.121. The van der Waals surface area contributed by atoms with E-state index in [4.69, 9.17) is 5.73 Å². The minimum Gasteiger partial charge on any atom is -0.354 e. The molecule has 3 nitrogen and oxygen atoms in total. The minimum absolute atomic E-state index is 0.0825. The molecule has 0 heterocycles. The minimum atomic E-state index is -0.419. The Balaban J connectivity index is 2.12. The molecule has 17 heavy (non-hydrogen) atoms. The maximum atomic E-state index is 11.2. The highest BCUT2D eigenvalue weighted by molar-refractivity contribution is 7.98. The molecule has 0 aliphatic carbocycles. The van der Waals surface area contributed by atoms with Crippen LogP contribution in [0.2, 0.25) is 0 Å².